The highest BCUT2D eigenvalue weighted by atomic mass is 79.9. The van der Waals surface area contributed by atoms with Crippen LogP contribution >= 0.6 is 15.9 Å². The molecule has 0 bridgehead atoms. The Morgan fingerprint density at radius 2 is 1.93 bits per heavy atom. The molecule has 0 amide bonds. The van der Waals surface area contributed by atoms with Crippen LogP contribution < -0.4 is 14.9 Å². The Hall–Kier alpha value is -3.32. The van der Waals surface area contributed by atoms with E-state index < -0.39 is 5.97 Å². The van der Waals surface area contributed by atoms with Gasteiger partial charge in [0, 0.05) is 0 Å². The van der Waals surface area contributed by atoms with Crippen molar-refractivity contribution in [2.24, 2.45) is 5.10 Å². The first-order chi connectivity index (χ1) is 14.1. The first-order valence-electron chi connectivity index (χ1n) is 8.73. The summed E-state index contributed by atoms with van der Waals surface area (Å²) >= 11 is 3.52. The second-order valence-electron chi connectivity index (χ2n) is 6.06. The number of anilines is 1. The van der Waals surface area contributed by atoms with E-state index >= 15 is 0 Å². The number of ether oxygens (including phenoxy) is 2. The molecule has 148 valence electrons. The molecular weight excluding hydrogens is 436 g/mol. The number of hydrogen-bond donors (Lipinski definition) is 2. The van der Waals surface area contributed by atoms with Crippen molar-refractivity contribution in [1.82, 2.24) is 0 Å². The maximum atomic E-state index is 11.0. The molecule has 3 aromatic carbocycles. The lowest BCUT2D eigenvalue weighted by molar-refractivity contribution is 0.0697. The van der Waals surface area contributed by atoms with Crippen molar-refractivity contribution < 1.29 is 19.4 Å². The first-order valence-corrected chi connectivity index (χ1v) is 9.53. The van der Waals surface area contributed by atoms with Crippen LogP contribution in [0.1, 0.15) is 21.5 Å². The molecule has 0 fully saturated rings. The van der Waals surface area contributed by atoms with E-state index in [9.17, 15) is 4.79 Å². The lowest BCUT2D eigenvalue weighted by Crippen LogP contribution is -2.00. The lowest BCUT2D eigenvalue weighted by atomic mass is 10.2. The standard InChI is InChI=1S/C22H19BrN2O4/c1-28-20-11-16(13-24-25-18-9-5-8-17(12-18)22(26)27)10-19(23)21(20)29-14-15-6-3-2-4-7-15/h2-13,25H,14H2,1H3,(H,26,27)/b24-13+. The van der Waals surface area contributed by atoms with Gasteiger partial charge in [-0.05, 0) is 57.4 Å². The number of hydrazone groups is 1. The minimum absolute atomic E-state index is 0.189. The second-order valence-corrected chi connectivity index (χ2v) is 6.92. The van der Waals surface area contributed by atoms with Gasteiger partial charge in [0.15, 0.2) is 11.5 Å². The van der Waals surface area contributed by atoms with Crippen LogP contribution in [0, 0.1) is 0 Å². The lowest BCUT2D eigenvalue weighted by Gasteiger charge is -2.13. The Labute approximate surface area is 176 Å². The van der Waals surface area contributed by atoms with Crippen molar-refractivity contribution in [2.45, 2.75) is 6.61 Å². The maximum Gasteiger partial charge on any atom is 0.335 e. The highest BCUT2D eigenvalue weighted by molar-refractivity contribution is 9.10. The van der Waals surface area contributed by atoms with Crippen molar-refractivity contribution in [3.63, 3.8) is 0 Å². The zero-order valence-corrected chi connectivity index (χ0v) is 17.2. The number of benzene rings is 3. The Balaban J connectivity index is 1.72. The predicted molar refractivity (Wildman–Crippen MR) is 116 cm³/mol. The highest BCUT2D eigenvalue weighted by Crippen LogP contribution is 2.36. The number of rotatable bonds is 8. The summed E-state index contributed by atoms with van der Waals surface area (Å²) in [7, 11) is 1.58. The van der Waals surface area contributed by atoms with Gasteiger partial charge in [-0.1, -0.05) is 36.4 Å². The topological polar surface area (TPSA) is 80.2 Å². The largest absolute Gasteiger partial charge is 0.493 e. The Bertz CT molecular complexity index is 1020. The number of carboxylic acids is 1. The fourth-order valence-corrected chi connectivity index (χ4v) is 3.16. The first kappa shape index (κ1) is 20.4. The smallest absolute Gasteiger partial charge is 0.335 e. The molecule has 0 aromatic heterocycles. The third-order valence-corrected chi connectivity index (χ3v) is 4.58. The quantitative estimate of drug-likeness (QED) is 0.362. The maximum absolute atomic E-state index is 11.0. The number of nitrogens with zero attached hydrogens (tertiary/aromatic N) is 1. The summed E-state index contributed by atoms with van der Waals surface area (Å²) in [5, 5.41) is 13.2. The van der Waals surface area contributed by atoms with Gasteiger partial charge in [0.1, 0.15) is 6.61 Å². The summed E-state index contributed by atoms with van der Waals surface area (Å²) in [5.41, 5.74) is 5.43. The minimum atomic E-state index is -0.989. The fourth-order valence-electron chi connectivity index (χ4n) is 2.59. The van der Waals surface area contributed by atoms with E-state index in [1.54, 1.807) is 25.5 Å². The van der Waals surface area contributed by atoms with E-state index in [0.717, 1.165) is 15.6 Å². The molecule has 0 heterocycles. The fraction of sp³-hybridized carbons (Fsp3) is 0.0909. The Morgan fingerprint density at radius 1 is 1.14 bits per heavy atom. The van der Waals surface area contributed by atoms with Crippen molar-refractivity contribution >= 4 is 33.8 Å². The van der Waals surface area contributed by atoms with Crippen LogP contribution in [0.5, 0.6) is 11.5 Å². The molecule has 7 heteroatoms. The summed E-state index contributed by atoms with van der Waals surface area (Å²) in [6.07, 6.45) is 1.61. The van der Waals surface area contributed by atoms with Crippen molar-refractivity contribution in [2.75, 3.05) is 12.5 Å². The van der Waals surface area contributed by atoms with Gasteiger partial charge in [0.05, 0.1) is 29.0 Å². The average molecular weight is 455 g/mol. The number of carbonyl (C=O) groups is 1. The molecule has 2 N–H and O–H groups in total. The summed E-state index contributed by atoms with van der Waals surface area (Å²) in [4.78, 5) is 11.0. The van der Waals surface area contributed by atoms with Crippen molar-refractivity contribution in [3.8, 4) is 11.5 Å². The van der Waals surface area contributed by atoms with Gasteiger partial charge in [0.2, 0.25) is 0 Å². The molecule has 3 aromatic rings. The van der Waals surface area contributed by atoms with Gasteiger partial charge >= 0.3 is 5.97 Å². The molecule has 0 saturated carbocycles. The van der Waals surface area contributed by atoms with Crippen LogP contribution in [0.4, 0.5) is 5.69 Å². The van der Waals surface area contributed by atoms with Crippen LogP contribution in [0.2, 0.25) is 0 Å². The molecule has 0 aliphatic carbocycles. The van der Waals surface area contributed by atoms with Gasteiger partial charge in [-0.2, -0.15) is 5.10 Å². The molecule has 0 aliphatic heterocycles. The monoisotopic (exact) mass is 454 g/mol. The number of halogens is 1. The van der Waals surface area contributed by atoms with E-state index in [0.29, 0.717) is 23.8 Å². The van der Waals surface area contributed by atoms with Crippen LogP contribution in [0.3, 0.4) is 0 Å². The number of hydrogen-bond acceptors (Lipinski definition) is 5. The van der Waals surface area contributed by atoms with Crippen LogP contribution in [-0.4, -0.2) is 24.4 Å². The molecular formula is C22H19BrN2O4. The Morgan fingerprint density at radius 3 is 2.66 bits per heavy atom. The molecule has 0 radical (unpaired) electrons. The van der Waals surface area contributed by atoms with Gasteiger partial charge < -0.3 is 14.6 Å². The van der Waals surface area contributed by atoms with Crippen LogP contribution in [0.25, 0.3) is 0 Å². The van der Waals surface area contributed by atoms with Crippen LogP contribution in [-0.2, 0) is 6.61 Å². The van der Waals surface area contributed by atoms with Gasteiger partial charge in [-0.15, -0.1) is 0 Å². The SMILES string of the molecule is COc1cc(/C=N/Nc2cccc(C(=O)O)c2)cc(Br)c1OCc1ccccc1. The van der Waals surface area contributed by atoms with E-state index in [1.165, 1.54) is 12.1 Å². The molecule has 0 spiro atoms. The van der Waals surface area contributed by atoms with E-state index in [4.69, 9.17) is 14.6 Å². The summed E-state index contributed by atoms with van der Waals surface area (Å²) in [6.45, 7) is 0.421. The minimum Gasteiger partial charge on any atom is -0.493 e. The highest BCUT2D eigenvalue weighted by Gasteiger charge is 2.11. The molecule has 0 unspecified atom stereocenters. The third kappa shape index (κ3) is 5.58. The van der Waals surface area contributed by atoms with Gasteiger partial charge in [-0.3, -0.25) is 5.43 Å². The molecule has 0 saturated heterocycles. The summed E-state index contributed by atoms with van der Waals surface area (Å²) in [6, 6.07) is 20.0. The molecule has 0 atom stereocenters. The molecule has 3 rings (SSSR count). The third-order valence-electron chi connectivity index (χ3n) is 3.99. The normalized spacial score (nSPS) is 10.7. The number of aromatic carboxylic acids is 1. The Kier molecular flexibility index (Phi) is 6.86. The molecule has 0 aliphatic rings. The van der Waals surface area contributed by atoms with Crippen molar-refractivity contribution in [1.29, 1.82) is 0 Å². The van der Waals surface area contributed by atoms with E-state index in [1.807, 2.05) is 42.5 Å². The van der Waals surface area contributed by atoms with Crippen molar-refractivity contribution in [3.05, 3.63) is 87.9 Å². The predicted octanol–water partition coefficient (Wildman–Crippen LogP) is 5.18. The van der Waals surface area contributed by atoms with Gasteiger partial charge in [0.25, 0.3) is 0 Å². The molecule has 6 nitrogen and oxygen atoms in total. The number of carboxylic acid groups (broad SMARTS) is 1. The summed E-state index contributed by atoms with van der Waals surface area (Å²) < 4.78 is 12.1. The molecule has 29 heavy (non-hydrogen) atoms. The second kappa shape index (κ2) is 9.75. The summed E-state index contributed by atoms with van der Waals surface area (Å²) in [5.74, 6) is 0.192. The van der Waals surface area contributed by atoms with Crippen LogP contribution in [0.15, 0.2) is 76.3 Å². The number of nitrogens with one attached hydrogen (secondary N) is 1. The zero-order chi connectivity index (χ0) is 20.6. The van der Waals surface area contributed by atoms with E-state index in [-0.39, 0.29) is 5.56 Å². The zero-order valence-electron chi connectivity index (χ0n) is 15.6. The average Bonchev–Trinajstić information content (AvgIpc) is 2.73. The van der Waals surface area contributed by atoms with Gasteiger partial charge in [-0.25, -0.2) is 4.79 Å². The van der Waals surface area contributed by atoms with E-state index in [2.05, 4.69) is 26.5 Å². The number of methoxy groups -OCH3 is 1.